The molecule has 0 saturated carbocycles. The largest absolute Gasteiger partial charge is 0.493 e. The Labute approximate surface area is 191 Å². The fourth-order valence-corrected chi connectivity index (χ4v) is 4.19. The van der Waals surface area contributed by atoms with Crippen LogP contribution in [0.5, 0.6) is 5.75 Å². The maximum Gasteiger partial charge on any atom is 0.311 e. The fourth-order valence-electron chi connectivity index (χ4n) is 4.19. The SMILES string of the molecule is Cc1cc(OCC2(C)C=CC=CC2C(=O)O)cc2c1nc(C)n2Cc1ccc(C#N)cc1F. The number of rotatable bonds is 6. The van der Waals surface area contributed by atoms with Crippen molar-refractivity contribution in [3.8, 4) is 11.8 Å². The lowest BCUT2D eigenvalue weighted by atomic mass is 9.75. The van der Waals surface area contributed by atoms with Gasteiger partial charge in [0.15, 0.2) is 0 Å². The van der Waals surface area contributed by atoms with E-state index < -0.39 is 23.1 Å². The number of aryl methyl sites for hydroxylation is 2. The Hall–Kier alpha value is -3.92. The van der Waals surface area contributed by atoms with Gasteiger partial charge in [0, 0.05) is 17.0 Å². The van der Waals surface area contributed by atoms with Crippen molar-refractivity contribution < 1.29 is 19.0 Å². The molecule has 0 radical (unpaired) electrons. The van der Waals surface area contributed by atoms with Crippen LogP contribution in [-0.2, 0) is 11.3 Å². The molecule has 1 aromatic heterocycles. The van der Waals surface area contributed by atoms with Crippen molar-refractivity contribution in [2.45, 2.75) is 27.3 Å². The molecule has 3 aromatic rings. The van der Waals surface area contributed by atoms with Crippen molar-refractivity contribution in [1.82, 2.24) is 9.55 Å². The van der Waals surface area contributed by atoms with Gasteiger partial charge in [-0.15, -0.1) is 0 Å². The third-order valence-electron chi connectivity index (χ3n) is 6.14. The Morgan fingerprint density at radius 1 is 1.30 bits per heavy atom. The second kappa shape index (κ2) is 8.55. The number of nitriles is 1. The highest BCUT2D eigenvalue weighted by molar-refractivity contribution is 5.81. The van der Waals surface area contributed by atoms with Gasteiger partial charge in [-0.25, -0.2) is 9.37 Å². The van der Waals surface area contributed by atoms with Crippen LogP contribution in [-0.4, -0.2) is 27.2 Å². The van der Waals surface area contributed by atoms with Crippen molar-refractivity contribution in [3.63, 3.8) is 0 Å². The summed E-state index contributed by atoms with van der Waals surface area (Å²) >= 11 is 0. The first kappa shape index (κ1) is 22.3. The molecule has 0 amide bonds. The van der Waals surface area contributed by atoms with Gasteiger partial charge in [0.1, 0.15) is 17.4 Å². The van der Waals surface area contributed by atoms with Crippen molar-refractivity contribution in [2.24, 2.45) is 11.3 Å². The molecule has 1 aliphatic carbocycles. The second-order valence-corrected chi connectivity index (χ2v) is 8.63. The minimum absolute atomic E-state index is 0.188. The second-order valence-electron chi connectivity index (χ2n) is 8.63. The first-order chi connectivity index (χ1) is 15.7. The summed E-state index contributed by atoms with van der Waals surface area (Å²) in [6.45, 7) is 6.10. The van der Waals surface area contributed by atoms with Gasteiger partial charge in [0.2, 0.25) is 0 Å². The van der Waals surface area contributed by atoms with Gasteiger partial charge in [-0.05, 0) is 37.6 Å². The Morgan fingerprint density at radius 3 is 2.79 bits per heavy atom. The topological polar surface area (TPSA) is 88.1 Å². The number of fused-ring (bicyclic) bond motifs is 1. The van der Waals surface area contributed by atoms with Crippen LogP contribution >= 0.6 is 0 Å². The Kier molecular flexibility index (Phi) is 5.77. The summed E-state index contributed by atoms with van der Waals surface area (Å²) in [4.78, 5) is 16.3. The van der Waals surface area contributed by atoms with Gasteiger partial charge < -0.3 is 14.4 Å². The van der Waals surface area contributed by atoms with Gasteiger partial charge in [0.25, 0.3) is 0 Å². The summed E-state index contributed by atoms with van der Waals surface area (Å²) in [6, 6.07) is 10.1. The molecule has 2 aromatic carbocycles. The lowest BCUT2D eigenvalue weighted by Crippen LogP contribution is -2.36. The van der Waals surface area contributed by atoms with Crippen molar-refractivity contribution in [3.05, 3.63) is 83.0 Å². The molecule has 2 atom stereocenters. The van der Waals surface area contributed by atoms with E-state index in [9.17, 15) is 14.3 Å². The smallest absolute Gasteiger partial charge is 0.311 e. The van der Waals surface area contributed by atoms with E-state index in [0.29, 0.717) is 11.3 Å². The Bertz CT molecular complexity index is 1350. The van der Waals surface area contributed by atoms with E-state index in [0.717, 1.165) is 22.4 Å². The Balaban J connectivity index is 1.65. The zero-order valence-electron chi connectivity index (χ0n) is 18.7. The highest BCUT2D eigenvalue weighted by Gasteiger charge is 2.37. The standard InChI is InChI=1S/C26H24FN3O3/c1-16-10-20(33-15-26(3)9-5-4-6-21(26)25(31)32)12-23-24(16)29-17(2)30(23)14-19-8-7-18(13-28)11-22(19)27/h4-12,21H,14-15H2,1-3H3,(H,31,32). The van der Waals surface area contributed by atoms with Crippen LogP contribution in [0.4, 0.5) is 4.39 Å². The fraction of sp³-hybridized carbons (Fsp3) is 0.269. The minimum atomic E-state index is -0.897. The van der Waals surface area contributed by atoms with Crippen LogP contribution in [0.25, 0.3) is 11.0 Å². The lowest BCUT2D eigenvalue weighted by Gasteiger charge is -2.32. The number of imidazole rings is 1. The van der Waals surface area contributed by atoms with Crippen LogP contribution in [0, 0.1) is 42.3 Å². The normalized spacial score (nSPS) is 19.5. The molecule has 4 rings (SSSR count). The molecule has 0 saturated heterocycles. The lowest BCUT2D eigenvalue weighted by molar-refractivity contribution is -0.143. The third-order valence-corrected chi connectivity index (χ3v) is 6.14. The predicted octanol–water partition coefficient (Wildman–Crippen LogP) is 4.92. The van der Waals surface area contributed by atoms with Crippen LogP contribution in [0.1, 0.15) is 29.4 Å². The number of hydrogen-bond donors (Lipinski definition) is 1. The molecule has 1 N–H and O–H groups in total. The summed E-state index contributed by atoms with van der Waals surface area (Å²) in [7, 11) is 0. The van der Waals surface area contributed by atoms with Crippen LogP contribution in [0.3, 0.4) is 0 Å². The molecule has 0 spiro atoms. The summed E-state index contributed by atoms with van der Waals surface area (Å²) in [5.74, 6) is -0.697. The molecule has 0 fully saturated rings. The number of aromatic nitrogens is 2. The maximum atomic E-state index is 14.5. The maximum absolute atomic E-state index is 14.5. The summed E-state index contributed by atoms with van der Waals surface area (Å²) in [6.07, 6.45) is 7.10. The van der Waals surface area contributed by atoms with Crippen LogP contribution in [0.15, 0.2) is 54.6 Å². The van der Waals surface area contributed by atoms with Gasteiger partial charge in [-0.2, -0.15) is 5.26 Å². The van der Waals surface area contributed by atoms with Crippen molar-refractivity contribution >= 4 is 17.0 Å². The van der Waals surface area contributed by atoms with Gasteiger partial charge in [0.05, 0.1) is 41.7 Å². The number of ether oxygens (including phenoxy) is 1. The van der Waals surface area contributed by atoms with Crippen molar-refractivity contribution in [2.75, 3.05) is 6.61 Å². The molecule has 0 aliphatic heterocycles. The molecule has 6 nitrogen and oxygen atoms in total. The number of benzene rings is 2. The number of aliphatic carboxylic acids is 1. The molecule has 33 heavy (non-hydrogen) atoms. The van der Waals surface area contributed by atoms with E-state index in [4.69, 9.17) is 10.00 Å². The molecule has 2 unspecified atom stereocenters. The van der Waals surface area contributed by atoms with E-state index in [1.807, 2.05) is 55.7 Å². The molecule has 1 heterocycles. The number of carboxylic acids is 1. The van der Waals surface area contributed by atoms with E-state index in [1.54, 1.807) is 24.3 Å². The molecular formula is C26H24FN3O3. The van der Waals surface area contributed by atoms with E-state index >= 15 is 0 Å². The number of halogens is 1. The molecule has 168 valence electrons. The van der Waals surface area contributed by atoms with Gasteiger partial charge >= 0.3 is 5.97 Å². The highest BCUT2D eigenvalue weighted by Crippen LogP contribution is 2.35. The number of allylic oxidation sites excluding steroid dienone is 2. The van der Waals surface area contributed by atoms with E-state index in [-0.39, 0.29) is 18.7 Å². The predicted molar refractivity (Wildman–Crippen MR) is 122 cm³/mol. The number of hydrogen-bond acceptors (Lipinski definition) is 4. The molecule has 1 aliphatic rings. The first-order valence-electron chi connectivity index (χ1n) is 10.6. The summed E-state index contributed by atoms with van der Waals surface area (Å²) < 4.78 is 22.5. The average molecular weight is 445 g/mol. The molecular weight excluding hydrogens is 421 g/mol. The summed E-state index contributed by atoms with van der Waals surface area (Å²) in [5.41, 5.74) is 2.54. The monoisotopic (exact) mass is 445 g/mol. The van der Waals surface area contributed by atoms with Gasteiger partial charge in [-0.3, -0.25) is 4.79 Å². The van der Waals surface area contributed by atoms with Crippen LogP contribution < -0.4 is 4.74 Å². The number of nitrogens with zero attached hydrogens (tertiary/aromatic N) is 3. The Morgan fingerprint density at radius 2 is 2.09 bits per heavy atom. The van der Waals surface area contributed by atoms with Crippen molar-refractivity contribution in [1.29, 1.82) is 5.26 Å². The molecule has 7 heteroatoms. The van der Waals surface area contributed by atoms with E-state index in [1.165, 1.54) is 6.07 Å². The molecule has 0 bridgehead atoms. The van der Waals surface area contributed by atoms with E-state index in [2.05, 4.69) is 4.98 Å². The zero-order chi connectivity index (χ0) is 23.8. The highest BCUT2D eigenvalue weighted by atomic mass is 19.1. The summed E-state index contributed by atoms with van der Waals surface area (Å²) in [5, 5.41) is 18.6. The third kappa shape index (κ3) is 4.24. The quantitative estimate of drug-likeness (QED) is 0.582. The minimum Gasteiger partial charge on any atom is -0.493 e. The average Bonchev–Trinajstić information content (AvgIpc) is 3.09. The first-order valence-corrected chi connectivity index (χ1v) is 10.6. The number of carbonyl (C=O) groups is 1. The number of carboxylic acid groups (broad SMARTS) is 1. The van der Waals surface area contributed by atoms with Gasteiger partial charge in [-0.1, -0.05) is 37.3 Å². The van der Waals surface area contributed by atoms with Crippen LogP contribution in [0.2, 0.25) is 0 Å². The zero-order valence-corrected chi connectivity index (χ0v) is 18.7.